The summed E-state index contributed by atoms with van der Waals surface area (Å²) in [6.45, 7) is 0. The van der Waals surface area contributed by atoms with Gasteiger partial charge in [0.1, 0.15) is 23.4 Å². The molecular formula is C8H10O6. The van der Waals surface area contributed by atoms with Crippen LogP contribution in [0.3, 0.4) is 0 Å². The molecule has 0 saturated heterocycles. The molecule has 0 fully saturated rings. The van der Waals surface area contributed by atoms with E-state index in [1.165, 1.54) is 0 Å². The van der Waals surface area contributed by atoms with Gasteiger partial charge in [0.25, 0.3) is 0 Å². The third-order valence-electron chi connectivity index (χ3n) is 1.70. The van der Waals surface area contributed by atoms with Crippen LogP contribution in [0.4, 0.5) is 0 Å². The maximum atomic E-state index is 9.19. The number of benzene rings is 1. The summed E-state index contributed by atoms with van der Waals surface area (Å²) in [5.74, 6) is -1.64. The van der Waals surface area contributed by atoms with Crippen LogP contribution in [0.1, 0.15) is 11.7 Å². The quantitative estimate of drug-likeness (QED) is 0.347. The van der Waals surface area contributed by atoms with Gasteiger partial charge in [0.2, 0.25) is 0 Å². The molecule has 6 N–H and O–H groups in total. The maximum absolute atomic E-state index is 9.19. The van der Waals surface area contributed by atoms with E-state index >= 15 is 0 Å². The molecule has 0 heterocycles. The highest BCUT2D eigenvalue weighted by atomic mass is 16.5. The first-order valence-corrected chi connectivity index (χ1v) is 3.72. The van der Waals surface area contributed by atoms with Crippen LogP contribution < -0.4 is 0 Å². The lowest BCUT2D eigenvalue weighted by atomic mass is 10.1. The van der Waals surface area contributed by atoms with Crippen molar-refractivity contribution in [2.75, 3.05) is 0 Å². The van der Waals surface area contributed by atoms with Gasteiger partial charge in [0, 0.05) is 12.1 Å². The Hall–Kier alpha value is -1.50. The van der Waals surface area contributed by atoms with Crippen molar-refractivity contribution in [2.24, 2.45) is 0 Å². The van der Waals surface area contributed by atoms with Crippen molar-refractivity contribution in [3.63, 3.8) is 0 Å². The van der Waals surface area contributed by atoms with E-state index in [4.69, 9.17) is 20.4 Å². The fourth-order valence-corrected chi connectivity index (χ4v) is 1.06. The van der Waals surface area contributed by atoms with E-state index in [0.29, 0.717) is 0 Å². The summed E-state index contributed by atoms with van der Waals surface area (Å²) in [4.78, 5) is 0. The largest absolute Gasteiger partial charge is 0.508 e. The van der Waals surface area contributed by atoms with E-state index in [0.717, 1.165) is 12.1 Å². The minimum absolute atomic E-state index is 0.400. The zero-order valence-electron chi connectivity index (χ0n) is 6.99. The van der Waals surface area contributed by atoms with Crippen LogP contribution in [-0.4, -0.2) is 36.9 Å². The smallest absolute Gasteiger partial charge is 0.182 e. The van der Waals surface area contributed by atoms with E-state index in [9.17, 15) is 10.2 Å². The van der Waals surface area contributed by atoms with Crippen LogP contribution in [0, 0.1) is 0 Å². The predicted molar refractivity (Wildman–Crippen MR) is 44.6 cm³/mol. The second kappa shape index (κ2) is 3.70. The van der Waals surface area contributed by atoms with Crippen LogP contribution in [0.25, 0.3) is 0 Å². The number of phenolic OH excluding ortho intramolecular Hbond substituents is 3. The van der Waals surface area contributed by atoms with E-state index in [2.05, 4.69) is 0 Å². The molecular weight excluding hydrogens is 192 g/mol. The molecule has 0 aliphatic heterocycles. The number of phenols is 3. The minimum Gasteiger partial charge on any atom is -0.508 e. The highest BCUT2D eigenvalue weighted by Gasteiger charge is 2.23. The van der Waals surface area contributed by atoms with E-state index in [1.807, 2.05) is 0 Å². The third-order valence-corrected chi connectivity index (χ3v) is 1.70. The second-order valence-corrected chi connectivity index (χ2v) is 2.76. The van der Waals surface area contributed by atoms with Crippen LogP contribution in [-0.2, 0) is 0 Å². The van der Waals surface area contributed by atoms with Gasteiger partial charge >= 0.3 is 0 Å². The lowest BCUT2D eigenvalue weighted by Gasteiger charge is -2.15. The van der Waals surface area contributed by atoms with Crippen LogP contribution >= 0.6 is 0 Å². The molecule has 0 aromatic heterocycles. The van der Waals surface area contributed by atoms with Gasteiger partial charge in [0.05, 0.1) is 5.56 Å². The van der Waals surface area contributed by atoms with Crippen molar-refractivity contribution < 1.29 is 30.6 Å². The van der Waals surface area contributed by atoms with Gasteiger partial charge in [-0.05, 0) is 0 Å². The van der Waals surface area contributed by atoms with E-state index in [-0.39, 0.29) is 0 Å². The molecule has 1 aromatic carbocycles. The zero-order valence-corrected chi connectivity index (χ0v) is 6.99. The Morgan fingerprint density at radius 2 is 1.29 bits per heavy atom. The van der Waals surface area contributed by atoms with Crippen LogP contribution in [0.5, 0.6) is 17.2 Å². The average molecular weight is 202 g/mol. The summed E-state index contributed by atoms with van der Waals surface area (Å²) >= 11 is 0. The standard InChI is InChI=1S/C8H10O6/c9-3-1-4(10)6(5(11)2-3)7(12)8(13)14/h1-2,7-14H. The molecule has 1 unspecified atom stereocenters. The zero-order chi connectivity index (χ0) is 10.9. The van der Waals surface area contributed by atoms with Gasteiger partial charge in [-0.1, -0.05) is 0 Å². The Labute approximate surface area is 78.9 Å². The van der Waals surface area contributed by atoms with E-state index in [1.54, 1.807) is 0 Å². The molecule has 1 atom stereocenters. The first-order chi connectivity index (χ1) is 6.43. The van der Waals surface area contributed by atoms with Gasteiger partial charge in [-0.15, -0.1) is 0 Å². The van der Waals surface area contributed by atoms with Gasteiger partial charge < -0.3 is 30.6 Å². The number of aromatic hydroxyl groups is 3. The lowest BCUT2D eigenvalue weighted by Crippen LogP contribution is -2.17. The summed E-state index contributed by atoms with van der Waals surface area (Å²) in [5, 5.41) is 53.7. The molecule has 6 heteroatoms. The normalized spacial score (nSPS) is 13.1. The van der Waals surface area contributed by atoms with Crippen molar-refractivity contribution in [1.29, 1.82) is 0 Å². The summed E-state index contributed by atoms with van der Waals surface area (Å²) in [6, 6.07) is 1.72. The first-order valence-electron chi connectivity index (χ1n) is 3.72. The average Bonchev–Trinajstić information content (AvgIpc) is 2.01. The third kappa shape index (κ3) is 1.87. The Morgan fingerprint density at radius 1 is 0.857 bits per heavy atom. The molecule has 0 aliphatic rings. The first kappa shape index (κ1) is 10.6. The molecule has 6 nitrogen and oxygen atoms in total. The molecule has 0 saturated carbocycles. The SMILES string of the molecule is Oc1cc(O)c(C(O)C(O)O)c(O)c1. The Bertz CT molecular complexity index is 312. The number of aliphatic hydroxyl groups excluding tert-OH is 2. The molecule has 0 bridgehead atoms. The molecule has 0 amide bonds. The number of hydrogen-bond donors (Lipinski definition) is 6. The Kier molecular flexibility index (Phi) is 2.80. The van der Waals surface area contributed by atoms with Gasteiger partial charge in [-0.2, -0.15) is 0 Å². The molecule has 0 spiro atoms. The molecule has 1 aromatic rings. The van der Waals surface area contributed by atoms with Crippen molar-refractivity contribution in [3.05, 3.63) is 17.7 Å². The molecule has 0 aliphatic carbocycles. The lowest BCUT2D eigenvalue weighted by molar-refractivity contribution is -0.124. The number of aliphatic hydroxyl groups is 3. The monoisotopic (exact) mass is 202 g/mol. The topological polar surface area (TPSA) is 121 Å². The molecule has 14 heavy (non-hydrogen) atoms. The van der Waals surface area contributed by atoms with Gasteiger partial charge in [-0.3, -0.25) is 0 Å². The van der Waals surface area contributed by atoms with Crippen molar-refractivity contribution in [2.45, 2.75) is 12.4 Å². The maximum Gasteiger partial charge on any atom is 0.182 e. The summed E-state index contributed by atoms with van der Waals surface area (Å²) in [6.07, 6.45) is -3.97. The van der Waals surface area contributed by atoms with Crippen LogP contribution in [0.15, 0.2) is 12.1 Å². The highest BCUT2D eigenvalue weighted by molar-refractivity contribution is 5.49. The van der Waals surface area contributed by atoms with Crippen LogP contribution in [0.2, 0.25) is 0 Å². The van der Waals surface area contributed by atoms with Crippen molar-refractivity contribution in [3.8, 4) is 17.2 Å². The number of hydrogen-bond acceptors (Lipinski definition) is 6. The molecule has 1 rings (SSSR count). The predicted octanol–water partition coefficient (Wildman–Crippen LogP) is -0.853. The molecule has 0 radical (unpaired) electrons. The Morgan fingerprint density at radius 3 is 1.64 bits per heavy atom. The van der Waals surface area contributed by atoms with Gasteiger partial charge in [0.15, 0.2) is 6.29 Å². The fourth-order valence-electron chi connectivity index (χ4n) is 1.06. The fraction of sp³-hybridized carbons (Fsp3) is 0.250. The van der Waals surface area contributed by atoms with Crippen molar-refractivity contribution >= 4 is 0 Å². The minimum atomic E-state index is -2.13. The summed E-state index contributed by atoms with van der Waals surface area (Å²) < 4.78 is 0. The Balaban J connectivity index is 3.20. The summed E-state index contributed by atoms with van der Waals surface area (Å²) in [7, 11) is 0. The van der Waals surface area contributed by atoms with E-state index < -0.39 is 35.2 Å². The molecule has 78 valence electrons. The number of rotatable bonds is 2. The second-order valence-electron chi connectivity index (χ2n) is 2.76. The van der Waals surface area contributed by atoms with Crippen molar-refractivity contribution in [1.82, 2.24) is 0 Å². The van der Waals surface area contributed by atoms with Gasteiger partial charge in [-0.25, -0.2) is 0 Å². The highest BCUT2D eigenvalue weighted by Crippen LogP contribution is 2.37. The summed E-state index contributed by atoms with van der Waals surface area (Å²) in [5.41, 5.74) is -0.446.